The van der Waals surface area contributed by atoms with E-state index >= 15 is 0 Å². The summed E-state index contributed by atoms with van der Waals surface area (Å²) in [7, 11) is -4.08. The molecule has 0 amide bonds. The Balaban J connectivity index is 0. The molecule has 0 aliphatic rings. The fourth-order valence-electron chi connectivity index (χ4n) is 0. The molecule has 8 heavy (non-hydrogen) atoms. The zero-order chi connectivity index (χ0) is 7.21. The van der Waals surface area contributed by atoms with Crippen molar-refractivity contribution in [3.63, 3.8) is 0 Å². The molecule has 0 aromatic heterocycles. The van der Waals surface area contributed by atoms with Crippen LogP contribution in [0.1, 0.15) is 6.92 Å². The Kier molecular flexibility index (Phi) is 9.56. The van der Waals surface area contributed by atoms with Crippen LogP contribution in [0.5, 0.6) is 0 Å². The van der Waals surface area contributed by atoms with Crippen LogP contribution in [0.2, 0.25) is 3.67 Å². The molecule has 45 valence electrons. The van der Waals surface area contributed by atoms with Crippen molar-refractivity contribution in [1.29, 1.82) is 0 Å². The third-order valence-corrected chi connectivity index (χ3v) is 0. The summed E-state index contributed by atoms with van der Waals surface area (Å²) in [4.78, 5) is 0. The Hall–Kier alpha value is 1.26. The summed E-state index contributed by atoms with van der Waals surface area (Å²) in [5, 5.41) is 0. The van der Waals surface area contributed by atoms with Crippen LogP contribution in [0.4, 0.5) is 0 Å². The molecule has 0 saturated carbocycles. The first-order valence-electron chi connectivity index (χ1n) is 2.10. The molecular weight excluding hydrogens is 159 g/mol. The molecular formula is C2H6NaO3S2. The summed E-state index contributed by atoms with van der Waals surface area (Å²) < 4.78 is 26.7. The molecule has 0 heterocycles. The average molecular weight is 165 g/mol. The van der Waals surface area contributed by atoms with Gasteiger partial charge in [0.05, 0.1) is 11.7 Å². The van der Waals surface area contributed by atoms with E-state index in [2.05, 4.69) is 18.6 Å². The van der Waals surface area contributed by atoms with Crippen LogP contribution in [0.25, 0.3) is 0 Å². The van der Waals surface area contributed by atoms with Gasteiger partial charge in [-0.3, -0.25) is 4.55 Å². The van der Waals surface area contributed by atoms with Crippen molar-refractivity contribution in [3.8, 4) is 0 Å². The van der Waals surface area contributed by atoms with Crippen LogP contribution in [-0.2, 0) is 9.15 Å². The summed E-state index contributed by atoms with van der Waals surface area (Å²) in [5.41, 5.74) is 0. The minimum atomic E-state index is -4.08. The van der Waals surface area contributed by atoms with Gasteiger partial charge in [-0.1, -0.05) is 0 Å². The van der Waals surface area contributed by atoms with E-state index in [1.165, 1.54) is 31.6 Å². The van der Waals surface area contributed by atoms with Crippen LogP contribution in [0, 0.1) is 0 Å². The van der Waals surface area contributed by atoms with Crippen molar-refractivity contribution in [2.24, 2.45) is 0 Å². The smallest absolute Gasteiger partial charge is 0.277 e. The monoisotopic (exact) mass is 165 g/mol. The number of hydrogen-bond acceptors (Lipinski definition) is 2. The molecule has 0 atom stereocenters. The van der Waals surface area contributed by atoms with Gasteiger partial charge >= 0.3 is 47.7 Å². The van der Waals surface area contributed by atoms with Gasteiger partial charge in [0.25, 0.3) is 0 Å². The molecule has 6 heteroatoms. The largest absolute Gasteiger partial charge is 0.330 e. The van der Waals surface area contributed by atoms with Crippen molar-refractivity contribution in [2.75, 3.05) is 0 Å². The first-order chi connectivity index (χ1) is 3.41. The Morgan fingerprint density at radius 2 is 1.75 bits per heavy atom. The normalized spacial score (nSPS) is 9.62. The van der Waals surface area contributed by atoms with E-state index in [-0.39, 0.29) is 0 Å². The van der Waals surface area contributed by atoms with Crippen LogP contribution in [-0.4, -0.2) is 40.9 Å². The molecule has 0 bridgehead atoms. The summed E-state index contributed by atoms with van der Waals surface area (Å²) in [6.07, 6.45) is 0. The second kappa shape index (κ2) is 6.38. The van der Waals surface area contributed by atoms with E-state index in [0.717, 1.165) is 0 Å². The maximum absolute atomic E-state index is 9.00. The molecule has 0 unspecified atom stereocenters. The standard InChI is InChI=1S/C2H5.Na.HO3S2/c1-2;;1-5(2,3)4/h1H2,2H3;;(H,1,2,3). The van der Waals surface area contributed by atoms with Crippen LogP contribution >= 0.6 is 11.7 Å². The topological polar surface area (TPSA) is 54.4 Å². The zero-order valence-electron chi connectivity index (χ0n) is 4.79. The van der Waals surface area contributed by atoms with Gasteiger partial charge in [0.2, 0.25) is 0 Å². The third-order valence-electron chi connectivity index (χ3n) is 0. The van der Waals surface area contributed by atoms with Gasteiger partial charge in [0.15, 0.2) is 0 Å². The first kappa shape index (κ1) is 12.0. The van der Waals surface area contributed by atoms with Crippen molar-refractivity contribution in [1.82, 2.24) is 0 Å². The fraction of sp³-hybridized carbons (Fsp3) is 1.00. The Labute approximate surface area is 71.8 Å². The molecule has 0 aromatic rings. The van der Waals surface area contributed by atoms with E-state index < -0.39 is 9.15 Å². The molecule has 0 aliphatic heterocycles. The molecule has 0 rings (SSSR count). The van der Waals surface area contributed by atoms with E-state index in [9.17, 15) is 0 Å². The van der Waals surface area contributed by atoms with Crippen molar-refractivity contribution in [2.45, 2.75) is 10.6 Å². The van der Waals surface area contributed by atoms with Crippen LogP contribution < -0.4 is 0 Å². The second-order valence-corrected chi connectivity index (χ2v) is 4.67. The maximum atomic E-state index is 9.00. The molecule has 0 spiro atoms. The van der Waals surface area contributed by atoms with Gasteiger partial charge in [-0.05, 0) is 0 Å². The quantitative estimate of drug-likeness (QED) is 0.324. The third kappa shape index (κ3) is 179. The Morgan fingerprint density at radius 1 is 1.75 bits per heavy atom. The van der Waals surface area contributed by atoms with Gasteiger partial charge in [-0.25, -0.2) is 0 Å². The Morgan fingerprint density at radius 3 is 1.75 bits per heavy atom. The van der Waals surface area contributed by atoms with Crippen molar-refractivity contribution >= 4 is 48.7 Å². The van der Waals surface area contributed by atoms with E-state index in [1.807, 2.05) is 0 Å². The summed E-state index contributed by atoms with van der Waals surface area (Å²) >= 11 is 4.72. The maximum Gasteiger partial charge on any atom is 0.330 e. The number of hydrogen-bond donors (Lipinski definition) is 1. The molecule has 0 saturated heterocycles. The molecule has 3 nitrogen and oxygen atoms in total. The van der Waals surface area contributed by atoms with Gasteiger partial charge in [-0.2, -0.15) is 8.42 Å². The predicted octanol–water partition coefficient (Wildman–Crippen LogP) is 0.580. The minimum Gasteiger partial charge on any atom is -0.277 e. The molecule has 0 aromatic carbocycles. The second-order valence-electron chi connectivity index (χ2n) is 1.13. The van der Waals surface area contributed by atoms with E-state index in [1.54, 1.807) is 0 Å². The van der Waals surface area contributed by atoms with Crippen molar-refractivity contribution < 1.29 is 13.0 Å². The average Bonchev–Trinajstić information content (AvgIpc) is 1.27. The summed E-state index contributed by atoms with van der Waals surface area (Å²) in [5.74, 6) is 0. The SMILES string of the molecule is C[CH2][Na].O=S(=O)(O)[S]. The minimum absolute atomic E-state index is 1.37. The Bertz CT molecular complexity index is 109. The van der Waals surface area contributed by atoms with Crippen molar-refractivity contribution in [3.05, 3.63) is 0 Å². The van der Waals surface area contributed by atoms with Gasteiger partial charge in [-0.15, -0.1) is 0 Å². The molecule has 1 N–H and O–H groups in total. The first-order valence-corrected chi connectivity index (χ1v) is 5.88. The van der Waals surface area contributed by atoms with E-state index in [0.29, 0.717) is 0 Å². The fourth-order valence-corrected chi connectivity index (χ4v) is 0. The van der Waals surface area contributed by atoms with E-state index in [4.69, 9.17) is 13.0 Å². The number of rotatable bonds is 0. The van der Waals surface area contributed by atoms with Gasteiger partial charge < -0.3 is 0 Å². The van der Waals surface area contributed by atoms with Crippen LogP contribution in [0.3, 0.4) is 0 Å². The summed E-state index contributed by atoms with van der Waals surface area (Å²) in [6, 6.07) is 0. The molecule has 0 aliphatic carbocycles. The predicted molar refractivity (Wildman–Crippen MR) is 35.4 cm³/mol. The molecule has 1 radical (unpaired) electrons. The van der Waals surface area contributed by atoms with Gasteiger partial charge in [0.1, 0.15) is 0 Å². The zero-order valence-corrected chi connectivity index (χ0v) is 8.42. The molecule has 0 fully saturated rings. The van der Waals surface area contributed by atoms with Crippen LogP contribution in [0.15, 0.2) is 0 Å². The van der Waals surface area contributed by atoms with Gasteiger partial charge in [0, 0.05) is 0 Å². The summed E-state index contributed by atoms with van der Waals surface area (Å²) in [6.45, 7) is 2.19.